The van der Waals surface area contributed by atoms with Crippen molar-refractivity contribution in [2.75, 3.05) is 13.2 Å². The number of hydrogen-bond acceptors (Lipinski definition) is 4. The molecule has 1 atom stereocenters. The third-order valence-corrected chi connectivity index (χ3v) is 3.19. The molecule has 1 aliphatic rings. The van der Waals surface area contributed by atoms with Crippen LogP contribution >= 0.6 is 0 Å². The van der Waals surface area contributed by atoms with E-state index in [4.69, 9.17) is 5.11 Å². The molecule has 1 saturated heterocycles. The van der Waals surface area contributed by atoms with Gasteiger partial charge in [-0.3, -0.25) is 14.9 Å². The molecule has 1 unspecified atom stereocenters. The van der Waals surface area contributed by atoms with Crippen LogP contribution in [0, 0.1) is 15.9 Å². The summed E-state index contributed by atoms with van der Waals surface area (Å²) in [4.78, 5) is 23.5. The van der Waals surface area contributed by atoms with Crippen LogP contribution in [0.5, 0.6) is 0 Å². The Morgan fingerprint density at radius 1 is 1.53 bits per heavy atom. The highest BCUT2D eigenvalue weighted by Crippen LogP contribution is 2.22. The van der Waals surface area contributed by atoms with Crippen LogP contribution in [0.4, 0.5) is 10.1 Å². The topological polar surface area (TPSA) is 83.7 Å². The predicted octanol–water partition coefficient (Wildman–Crippen LogP) is 1.33. The summed E-state index contributed by atoms with van der Waals surface area (Å²) >= 11 is 0. The molecule has 0 spiro atoms. The van der Waals surface area contributed by atoms with E-state index in [2.05, 4.69) is 0 Å². The van der Waals surface area contributed by atoms with Gasteiger partial charge in [-0.1, -0.05) is 0 Å². The molecular formula is C12H13FN2O4. The lowest BCUT2D eigenvalue weighted by atomic mass is 10.1. The van der Waals surface area contributed by atoms with Gasteiger partial charge in [0.15, 0.2) is 0 Å². The molecule has 2 rings (SSSR count). The van der Waals surface area contributed by atoms with Crippen LogP contribution in [-0.4, -0.2) is 40.0 Å². The molecule has 0 saturated carbocycles. The maximum atomic E-state index is 13.3. The van der Waals surface area contributed by atoms with E-state index >= 15 is 0 Å². The van der Waals surface area contributed by atoms with Crippen molar-refractivity contribution in [2.45, 2.75) is 18.9 Å². The summed E-state index contributed by atoms with van der Waals surface area (Å²) in [6.07, 6.45) is 1.44. The van der Waals surface area contributed by atoms with Crippen molar-refractivity contribution in [3.05, 3.63) is 39.7 Å². The second-order valence-corrected chi connectivity index (χ2v) is 4.43. The van der Waals surface area contributed by atoms with Crippen LogP contribution in [0.15, 0.2) is 18.2 Å². The minimum absolute atomic E-state index is 0.0629. The first-order valence-electron chi connectivity index (χ1n) is 5.89. The fourth-order valence-electron chi connectivity index (χ4n) is 2.26. The van der Waals surface area contributed by atoms with Crippen LogP contribution in [0.3, 0.4) is 0 Å². The number of hydrogen-bond donors (Lipinski definition) is 1. The van der Waals surface area contributed by atoms with E-state index in [1.807, 2.05) is 0 Å². The number of nitro benzene ring substituents is 1. The fourth-order valence-corrected chi connectivity index (χ4v) is 2.26. The number of carbonyl (C=O) groups excluding carboxylic acids is 1. The SMILES string of the molecule is O=C(c1cc(F)cc([N+](=O)[O-])c1)N1CCCC1CO. The van der Waals surface area contributed by atoms with Gasteiger partial charge in [0.25, 0.3) is 11.6 Å². The van der Waals surface area contributed by atoms with Gasteiger partial charge in [0.1, 0.15) is 5.82 Å². The van der Waals surface area contributed by atoms with E-state index in [-0.39, 0.29) is 18.2 Å². The van der Waals surface area contributed by atoms with Gasteiger partial charge in [0, 0.05) is 18.2 Å². The van der Waals surface area contributed by atoms with Crippen molar-refractivity contribution in [3.8, 4) is 0 Å². The van der Waals surface area contributed by atoms with Gasteiger partial charge in [-0.05, 0) is 18.9 Å². The summed E-state index contributed by atoms with van der Waals surface area (Å²) < 4.78 is 13.3. The van der Waals surface area contributed by atoms with Crippen LogP contribution in [0.1, 0.15) is 23.2 Å². The van der Waals surface area contributed by atoms with Crippen molar-refractivity contribution in [1.29, 1.82) is 0 Å². The lowest BCUT2D eigenvalue weighted by molar-refractivity contribution is -0.385. The summed E-state index contributed by atoms with van der Waals surface area (Å²) in [5, 5.41) is 19.8. The Kier molecular flexibility index (Phi) is 3.75. The van der Waals surface area contributed by atoms with Gasteiger partial charge in [0.05, 0.1) is 23.6 Å². The molecule has 1 aliphatic heterocycles. The van der Waals surface area contributed by atoms with Crippen LogP contribution in [0.25, 0.3) is 0 Å². The number of aliphatic hydroxyl groups is 1. The number of benzene rings is 1. The Balaban J connectivity index is 2.30. The Labute approximate surface area is 108 Å². The molecule has 7 heteroatoms. The number of rotatable bonds is 3. The second-order valence-electron chi connectivity index (χ2n) is 4.43. The molecule has 1 aromatic carbocycles. The zero-order valence-corrected chi connectivity index (χ0v) is 10.1. The highest BCUT2D eigenvalue weighted by atomic mass is 19.1. The third-order valence-electron chi connectivity index (χ3n) is 3.19. The maximum absolute atomic E-state index is 13.3. The van der Waals surface area contributed by atoms with Gasteiger partial charge in [-0.2, -0.15) is 0 Å². The molecular weight excluding hydrogens is 255 g/mol. The lowest BCUT2D eigenvalue weighted by Crippen LogP contribution is -2.37. The van der Waals surface area contributed by atoms with Gasteiger partial charge in [0.2, 0.25) is 0 Å². The van der Waals surface area contributed by atoms with Gasteiger partial charge >= 0.3 is 0 Å². The van der Waals surface area contributed by atoms with Gasteiger partial charge in [-0.25, -0.2) is 4.39 Å². The summed E-state index contributed by atoms with van der Waals surface area (Å²) in [5.41, 5.74) is -0.518. The molecule has 0 aliphatic carbocycles. The minimum atomic E-state index is -0.822. The Hall–Kier alpha value is -2.02. The summed E-state index contributed by atoms with van der Waals surface area (Å²) in [6, 6.07) is 2.50. The molecule has 0 aromatic heterocycles. The van der Waals surface area contributed by atoms with Crippen LogP contribution in [-0.2, 0) is 0 Å². The third kappa shape index (κ3) is 2.70. The Morgan fingerprint density at radius 3 is 2.89 bits per heavy atom. The Bertz CT molecular complexity index is 520. The number of nitrogens with zero attached hydrogens (tertiary/aromatic N) is 2. The molecule has 0 radical (unpaired) electrons. The molecule has 1 amide bonds. The zero-order valence-electron chi connectivity index (χ0n) is 10.1. The van der Waals surface area contributed by atoms with Crippen molar-refractivity contribution < 1.29 is 19.2 Å². The smallest absolute Gasteiger partial charge is 0.273 e. The average molecular weight is 268 g/mol. The van der Waals surface area contributed by atoms with E-state index in [0.717, 1.165) is 24.6 Å². The normalized spacial score (nSPS) is 18.6. The van der Waals surface area contributed by atoms with Crippen LogP contribution in [0.2, 0.25) is 0 Å². The summed E-state index contributed by atoms with van der Waals surface area (Å²) in [6.45, 7) is 0.303. The Morgan fingerprint density at radius 2 is 2.26 bits per heavy atom. The van der Waals surface area contributed by atoms with Crippen molar-refractivity contribution in [1.82, 2.24) is 4.90 Å². The summed E-state index contributed by atoms with van der Waals surface area (Å²) in [5.74, 6) is -1.31. The highest BCUT2D eigenvalue weighted by Gasteiger charge is 2.29. The van der Waals surface area contributed by atoms with E-state index in [1.165, 1.54) is 4.90 Å². The quantitative estimate of drug-likeness (QED) is 0.662. The van der Waals surface area contributed by atoms with E-state index in [9.17, 15) is 19.3 Å². The first-order valence-corrected chi connectivity index (χ1v) is 5.89. The first kappa shape index (κ1) is 13.4. The minimum Gasteiger partial charge on any atom is -0.394 e. The molecule has 1 aromatic rings. The molecule has 1 N–H and O–H groups in total. The van der Waals surface area contributed by atoms with Crippen molar-refractivity contribution >= 4 is 11.6 Å². The fraction of sp³-hybridized carbons (Fsp3) is 0.417. The van der Waals surface area contributed by atoms with Gasteiger partial charge < -0.3 is 10.0 Å². The number of aliphatic hydroxyl groups excluding tert-OH is 1. The zero-order chi connectivity index (χ0) is 14.0. The van der Waals surface area contributed by atoms with E-state index in [0.29, 0.717) is 13.0 Å². The van der Waals surface area contributed by atoms with Crippen LogP contribution < -0.4 is 0 Å². The number of non-ortho nitro benzene ring substituents is 1. The van der Waals surface area contributed by atoms with Crippen molar-refractivity contribution in [3.63, 3.8) is 0 Å². The number of likely N-dealkylation sites (tertiary alicyclic amines) is 1. The van der Waals surface area contributed by atoms with Gasteiger partial charge in [-0.15, -0.1) is 0 Å². The number of nitro groups is 1. The monoisotopic (exact) mass is 268 g/mol. The number of carbonyl (C=O) groups is 1. The first-order chi connectivity index (χ1) is 9.02. The summed E-state index contributed by atoms with van der Waals surface area (Å²) in [7, 11) is 0. The number of halogens is 1. The number of amides is 1. The molecule has 1 heterocycles. The lowest BCUT2D eigenvalue weighted by Gasteiger charge is -2.22. The molecule has 102 valence electrons. The predicted molar refractivity (Wildman–Crippen MR) is 64.2 cm³/mol. The standard InChI is InChI=1S/C12H13FN2O4/c13-9-4-8(5-11(6-9)15(18)19)12(17)14-3-1-2-10(14)7-16/h4-6,10,16H,1-3,7H2. The van der Waals surface area contributed by atoms with E-state index in [1.54, 1.807) is 0 Å². The highest BCUT2D eigenvalue weighted by molar-refractivity contribution is 5.95. The molecule has 1 fully saturated rings. The largest absolute Gasteiger partial charge is 0.394 e. The molecule has 6 nitrogen and oxygen atoms in total. The second kappa shape index (κ2) is 5.31. The molecule has 19 heavy (non-hydrogen) atoms. The maximum Gasteiger partial charge on any atom is 0.273 e. The average Bonchev–Trinajstić information content (AvgIpc) is 2.85. The molecule has 0 bridgehead atoms. The van der Waals surface area contributed by atoms with E-state index < -0.39 is 22.3 Å². The van der Waals surface area contributed by atoms with Crippen molar-refractivity contribution in [2.24, 2.45) is 0 Å².